The topological polar surface area (TPSA) is 52.6 Å². The Balaban J connectivity index is 4.63. The zero-order chi connectivity index (χ0) is 13.4. The summed E-state index contributed by atoms with van der Waals surface area (Å²) >= 11 is 0. The summed E-state index contributed by atoms with van der Waals surface area (Å²) in [4.78, 5) is 30.8. The monoisotopic (exact) mass is 238 g/mol. The first-order valence-electron chi connectivity index (χ1n) is 5.29. The first kappa shape index (κ1) is 15.2. The van der Waals surface area contributed by atoms with E-state index in [1.807, 2.05) is 13.8 Å². The SMILES string of the molecule is C=CC(=O)OOC(=O)/C(C)=C(/C=C)CC(C)C. The number of rotatable bonds is 5. The molecule has 0 unspecified atom stereocenters. The summed E-state index contributed by atoms with van der Waals surface area (Å²) in [6.45, 7) is 12.5. The highest BCUT2D eigenvalue weighted by atomic mass is 17.2. The zero-order valence-electron chi connectivity index (χ0n) is 10.5. The largest absolute Gasteiger partial charge is 0.382 e. The van der Waals surface area contributed by atoms with Crippen molar-refractivity contribution in [1.82, 2.24) is 0 Å². The number of carbonyl (C=O) groups excluding carboxylic acids is 2. The Morgan fingerprint density at radius 1 is 1.18 bits per heavy atom. The minimum absolute atomic E-state index is 0.380. The first-order valence-corrected chi connectivity index (χ1v) is 5.29. The summed E-state index contributed by atoms with van der Waals surface area (Å²) in [5, 5.41) is 0. The smallest absolute Gasteiger partial charge is 0.242 e. The minimum atomic E-state index is -0.810. The van der Waals surface area contributed by atoms with Crippen molar-refractivity contribution in [3.05, 3.63) is 36.5 Å². The van der Waals surface area contributed by atoms with Gasteiger partial charge in [0.05, 0.1) is 0 Å². The molecule has 0 bridgehead atoms. The molecule has 0 saturated heterocycles. The molecule has 0 heterocycles. The molecule has 0 aromatic carbocycles. The molecule has 4 nitrogen and oxygen atoms in total. The van der Waals surface area contributed by atoms with E-state index in [4.69, 9.17) is 0 Å². The van der Waals surface area contributed by atoms with Crippen LogP contribution >= 0.6 is 0 Å². The highest BCUT2D eigenvalue weighted by Crippen LogP contribution is 2.17. The lowest BCUT2D eigenvalue weighted by atomic mass is 9.99. The molecule has 0 atom stereocenters. The molecule has 0 aromatic rings. The minimum Gasteiger partial charge on any atom is -0.242 e. The maximum absolute atomic E-state index is 11.5. The van der Waals surface area contributed by atoms with Gasteiger partial charge in [-0.2, -0.15) is 0 Å². The quantitative estimate of drug-likeness (QED) is 0.320. The molecule has 0 aromatic heterocycles. The van der Waals surface area contributed by atoms with Gasteiger partial charge in [0, 0.05) is 11.6 Å². The molecule has 0 aliphatic rings. The molecule has 0 N–H and O–H groups in total. The molecule has 17 heavy (non-hydrogen) atoms. The fraction of sp³-hybridized carbons (Fsp3) is 0.385. The Labute approximate surface area is 102 Å². The van der Waals surface area contributed by atoms with Crippen molar-refractivity contribution in [1.29, 1.82) is 0 Å². The third-order valence-electron chi connectivity index (χ3n) is 2.03. The predicted octanol–water partition coefficient (Wildman–Crippen LogP) is 2.72. The van der Waals surface area contributed by atoms with Gasteiger partial charge < -0.3 is 0 Å². The van der Waals surface area contributed by atoms with E-state index in [9.17, 15) is 9.59 Å². The van der Waals surface area contributed by atoms with E-state index < -0.39 is 11.9 Å². The van der Waals surface area contributed by atoms with Crippen LogP contribution < -0.4 is 0 Å². The van der Waals surface area contributed by atoms with E-state index in [0.29, 0.717) is 17.9 Å². The summed E-state index contributed by atoms with van der Waals surface area (Å²) in [6.07, 6.45) is 3.22. The van der Waals surface area contributed by atoms with Gasteiger partial charge in [-0.3, -0.25) is 0 Å². The predicted molar refractivity (Wildman–Crippen MR) is 64.7 cm³/mol. The van der Waals surface area contributed by atoms with Gasteiger partial charge in [0.2, 0.25) is 0 Å². The van der Waals surface area contributed by atoms with E-state index in [-0.39, 0.29) is 0 Å². The average Bonchev–Trinajstić information content (AvgIpc) is 2.31. The zero-order valence-corrected chi connectivity index (χ0v) is 10.5. The van der Waals surface area contributed by atoms with E-state index >= 15 is 0 Å². The fourth-order valence-electron chi connectivity index (χ4n) is 1.14. The Bertz CT molecular complexity index is 350. The second kappa shape index (κ2) is 7.44. The van der Waals surface area contributed by atoms with Crippen molar-refractivity contribution < 1.29 is 19.4 Å². The van der Waals surface area contributed by atoms with Gasteiger partial charge in [-0.25, -0.2) is 19.4 Å². The van der Waals surface area contributed by atoms with Crippen LogP contribution in [-0.2, 0) is 19.4 Å². The molecule has 94 valence electrons. The highest BCUT2D eigenvalue weighted by Gasteiger charge is 2.14. The molecule has 0 saturated carbocycles. The van der Waals surface area contributed by atoms with Crippen LogP contribution in [0.1, 0.15) is 27.2 Å². The van der Waals surface area contributed by atoms with Crippen molar-refractivity contribution in [3.63, 3.8) is 0 Å². The lowest BCUT2D eigenvalue weighted by Gasteiger charge is -2.09. The molecule has 0 rings (SSSR count). The molecule has 0 aliphatic carbocycles. The van der Waals surface area contributed by atoms with Crippen molar-refractivity contribution in [2.24, 2.45) is 5.92 Å². The van der Waals surface area contributed by atoms with Crippen LogP contribution in [0.5, 0.6) is 0 Å². The van der Waals surface area contributed by atoms with Crippen molar-refractivity contribution >= 4 is 11.9 Å². The summed E-state index contributed by atoms with van der Waals surface area (Å²) in [6, 6.07) is 0. The highest BCUT2D eigenvalue weighted by molar-refractivity contribution is 5.90. The lowest BCUT2D eigenvalue weighted by molar-refractivity contribution is -0.251. The molecular formula is C13H18O4. The number of carbonyl (C=O) groups is 2. The molecule has 0 amide bonds. The van der Waals surface area contributed by atoms with Gasteiger partial charge in [0.1, 0.15) is 0 Å². The van der Waals surface area contributed by atoms with Crippen molar-refractivity contribution in [3.8, 4) is 0 Å². The van der Waals surface area contributed by atoms with Crippen LogP contribution in [-0.4, -0.2) is 11.9 Å². The fourth-order valence-corrected chi connectivity index (χ4v) is 1.14. The van der Waals surface area contributed by atoms with Crippen molar-refractivity contribution in [2.75, 3.05) is 0 Å². The van der Waals surface area contributed by atoms with E-state index in [1.54, 1.807) is 13.0 Å². The first-order chi connectivity index (χ1) is 7.92. The molecule has 4 heteroatoms. The standard InChI is InChI=1S/C13H18O4/c1-6-11(8-9(3)4)10(5)13(15)17-16-12(14)7-2/h6-7,9H,1-2,8H2,3-5H3/b11-10-. The third kappa shape index (κ3) is 5.70. The maximum atomic E-state index is 11.5. The van der Waals surface area contributed by atoms with E-state index in [0.717, 1.165) is 11.6 Å². The molecule has 0 fully saturated rings. The molecule has 0 spiro atoms. The normalized spacial score (nSPS) is 11.5. The van der Waals surface area contributed by atoms with E-state index in [1.165, 1.54) is 0 Å². The lowest BCUT2D eigenvalue weighted by Crippen LogP contribution is -2.12. The Morgan fingerprint density at radius 3 is 2.18 bits per heavy atom. The van der Waals surface area contributed by atoms with Crippen LogP contribution in [0.25, 0.3) is 0 Å². The maximum Gasteiger partial charge on any atom is 0.382 e. The molecule has 0 radical (unpaired) electrons. The van der Waals surface area contributed by atoms with Gasteiger partial charge >= 0.3 is 11.9 Å². The van der Waals surface area contributed by atoms with Crippen molar-refractivity contribution in [2.45, 2.75) is 27.2 Å². The second-order valence-electron chi connectivity index (χ2n) is 3.93. The summed E-state index contributed by atoms with van der Waals surface area (Å²) in [7, 11) is 0. The van der Waals surface area contributed by atoms with Gasteiger partial charge in [0.25, 0.3) is 0 Å². The van der Waals surface area contributed by atoms with Gasteiger partial charge in [-0.15, -0.1) is 0 Å². The van der Waals surface area contributed by atoms with Gasteiger partial charge in [-0.05, 0) is 24.8 Å². The average molecular weight is 238 g/mol. The third-order valence-corrected chi connectivity index (χ3v) is 2.03. The Hall–Kier alpha value is -1.84. The van der Waals surface area contributed by atoms with E-state index in [2.05, 4.69) is 22.9 Å². The number of hydrogen-bond acceptors (Lipinski definition) is 4. The number of allylic oxidation sites excluding steroid dienone is 2. The van der Waals surface area contributed by atoms with Crippen LogP contribution in [0.15, 0.2) is 36.5 Å². The Kier molecular flexibility index (Phi) is 6.63. The van der Waals surface area contributed by atoms with Gasteiger partial charge in [-0.1, -0.05) is 33.1 Å². The summed E-state index contributed by atoms with van der Waals surface area (Å²) in [5.74, 6) is -1.12. The molecular weight excluding hydrogens is 220 g/mol. The van der Waals surface area contributed by atoms with Gasteiger partial charge in [0.15, 0.2) is 0 Å². The molecule has 0 aliphatic heterocycles. The van der Waals surface area contributed by atoms with Crippen LogP contribution in [0.4, 0.5) is 0 Å². The van der Waals surface area contributed by atoms with Crippen LogP contribution in [0.2, 0.25) is 0 Å². The summed E-state index contributed by atoms with van der Waals surface area (Å²) in [5.41, 5.74) is 1.16. The van der Waals surface area contributed by atoms with Crippen LogP contribution in [0.3, 0.4) is 0 Å². The number of hydrogen-bond donors (Lipinski definition) is 0. The second-order valence-corrected chi connectivity index (χ2v) is 3.93. The summed E-state index contributed by atoms with van der Waals surface area (Å²) < 4.78 is 0. The van der Waals surface area contributed by atoms with Crippen LogP contribution in [0, 0.1) is 5.92 Å². The Morgan fingerprint density at radius 2 is 1.76 bits per heavy atom.